The van der Waals surface area contributed by atoms with Crippen molar-refractivity contribution in [3.05, 3.63) is 82.6 Å². The van der Waals surface area contributed by atoms with Crippen molar-refractivity contribution in [3.8, 4) is 0 Å². The van der Waals surface area contributed by atoms with Crippen molar-refractivity contribution >= 4 is 17.3 Å². The molecule has 4 rings (SSSR count). The summed E-state index contributed by atoms with van der Waals surface area (Å²) in [5, 5.41) is 8.04. The van der Waals surface area contributed by atoms with E-state index < -0.39 is 0 Å². The molecule has 0 bridgehead atoms. The number of fused-ring (bicyclic) bond motifs is 1. The number of aromatic nitrogens is 4. The normalized spacial score (nSPS) is 11.1. The molecule has 136 valence electrons. The van der Waals surface area contributed by atoms with Crippen LogP contribution in [0.3, 0.4) is 0 Å². The minimum absolute atomic E-state index is 0.261. The second-order valence-electron chi connectivity index (χ2n) is 6.71. The summed E-state index contributed by atoms with van der Waals surface area (Å²) in [6.07, 6.45) is 0.448. The summed E-state index contributed by atoms with van der Waals surface area (Å²) >= 11 is 0. The number of rotatable bonds is 4. The quantitative estimate of drug-likeness (QED) is 0.580. The number of hydrogen-bond donors (Lipinski definition) is 1. The van der Waals surface area contributed by atoms with Crippen molar-refractivity contribution in [1.29, 1.82) is 0 Å². The Morgan fingerprint density at radius 3 is 2.52 bits per heavy atom. The van der Waals surface area contributed by atoms with E-state index in [0.717, 1.165) is 28.3 Å². The standard InChI is InChI=1S/C21H20FN5/c1-13-7-9-18(10-8-13)24-20-14(2)15(3)23-21-25-19(26-27(20)21)12-16-5-4-6-17(22)11-16/h4-11,24H,12H2,1-3H3. The van der Waals surface area contributed by atoms with E-state index in [2.05, 4.69) is 39.4 Å². The van der Waals surface area contributed by atoms with Gasteiger partial charge in [-0.15, -0.1) is 5.10 Å². The van der Waals surface area contributed by atoms with Crippen LogP contribution in [0.25, 0.3) is 5.78 Å². The summed E-state index contributed by atoms with van der Waals surface area (Å²) in [5.74, 6) is 1.70. The van der Waals surface area contributed by atoms with Gasteiger partial charge in [-0.3, -0.25) is 0 Å². The highest BCUT2D eigenvalue weighted by atomic mass is 19.1. The number of nitrogens with one attached hydrogen (secondary N) is 1. The third kappa shape index (κ3) is 3.51. The van der Waals surface area contributed by atoms with E-state index in [4.69, 9.17) is 0 Å². The smallest absolute Gasteiger partial charge is 0.254 e. The molecule has 0 aliphatic heterocycles. The first kappa shape index (κ1) is 17.1. The van der Waals surface area contributed by atoms with E-state index in [1.807, 2.05) is 32.0 Å². The summed E-state index contributed by atoms with van der Waals surface area (Å²) in [5.41, 5.74) is 4.89. The van der Waals surface area contributed by atoms with Gasteiger partial charge in [0.25, 0.3) is 5.78 Å². The maximum atomic E-state index is 13.4. The lowest BCUT2D eigenvalue weighted by Crippen LogP contribution is -2.06. The molecular formula is C21H20FN5. The van der Waals surface area contributed by atoms with E-state index in [-0.39, 0.29) is 5.82 Å². The number of anilines is 2. The molecule has 27 heavy (non-hydrogen) atoms. The maximum Gasteiger partial charge on any atom is 0.254 e. The molecule has 2 heterocycles. The van der Waals surface area contributed by atoms with Crippen LogP contribution in [-0.4, -0.2) is 19.6 Å². The van der Waals surface area contributed by atoms with Crippen molar-refractivity contribution in [3.63, 3.8) is 0 Å². The fourth-order valence-corrected chi connectivity index (χ4v) is 2.96. The van der Waals surface area contributed by atoms with Crippen LogP contribution in [0.4, 0.5) is 15.9 Å². The summed E-state index contributed by atoms with van der Waals surface area (Å²) in [7, 11) is 0. The zero-order valence-corrected chi connectivity index (χ0v) is 15.5. The van der Waals surface area contributed by atoms with Crippen LogP contribution < -0.4 is 5.32 Å². The van der Waals surface area contributed by atoms with Crippen LogP contribution in [0.1, 0.15) is 28.2 Å². The SMILES string of the molecule is Cc1ccc(Nc2c(C)c(C)nc3nc(Cc4cccc(F)c4)nn23)cc1. The van der Waals surface area contributed by atoms with Gasteiger partial charge >= 0.3 is 0 Å². The fourth-order valence-electron chi connectivity index (χ4n) is 2.96. The van der Waals surface area contributed by atoms with Gasteiger partial charge in [0, 0.05) is 23.4 Å². The van der Waals surface area contributed by atoms with Gasteiger partial charge in [0.05, 0.1) is 0 Å². The average Bonchev–Trinajstić information content (AvgIpc) is 3.02. The van der Waals surface area contributed by atoms with Gasteiger partial charge in [-0.25, -0.2) is 9.37 Å². The number of hydrogen-bond acceptors (Lipinski definition) is 4. The molecule has 5 nitrogen and oxygen atoms in total. The first-order valence-electron chi connectivity index (χ1n) is 8.80. The summed E-state index contributed by atoms with van der Waals surface area (Å²) in [6, 6.07) is 14.7. The average molecular weight is 361 g/mol. The van der Waals surface area contributed by atoms with Crippen molar-refractivity contribution < 1.29 is 4.39 Å². The fraction of sp³-hybridized carbons (Fsp3) is 0.190. The molecule has 0 spiro atoms. The van der Waals surface area contributed by atoms with Crippen LogP contribution >= 0.6 is 0 Å². The van der Waals surface area contributed by atoms with Crippen molar-refractivity contribution in [2.24, 2.45) is 0 Å². The first-order chi connectivity index (χ1) is 13.0. The van der Waals surface area contributed by atoms with E-state index in [1.165, 1.54) is 17.7 Å². The lowest BCUT2D eigenvalue weighted by Gasteiger charge is -2.12. The molecule has 0 unspecified atom stereocenters. The van der Waals surface area contributed by atoms with Crippen LogP contribution in [0.2, 0.25) is 0 Å². The molecular weight excluding hydrogens is 341 g/mol. The van der Waals surface area contributed by atoms with Gasteiger partial charge in [-0.05, 0) is 50.6 Å². The number of aryl methyl sites for hydroxylation is 2. The zero-order valence-electron chi connectivity index (χ0n) is 15.5. The topological polar surface area (TPSA) is 55.1 Å². The second-order valence-corrected chi connectivity index (χ2v) is 6.71. The van der Waals surface area contributed by atoms with Gasteiger partial charge in [0.1, 0.15) is 11.6 Å². The van der Waals surface area contributed by atoms with E-state index >= 15 is 0 Å². The molecule has 0 aliphatic rings. The molecule has 6 heteroatoms. The van der Waals surface area contributed by atoms with E-state index in [0.29, 0.717) is 18.0 Å². The molecule has 0 amide bonds. The first-order valence-corrected chi connectivity index (χ1v) is 8.80. The predicted molar refractivity (Wildman–Crippen MR) is 104 cm³/mol. The van der Waals surface area contributed by atoms with Crippen LogP contribution in [0, 0.1) is 26.6 Å². The second kappa shape index (κ2) is 6.79. The van der Waals surface area contributed by atoms with Gasteiger partial charge in [-0.1, -0.05) is 29.8 Å². The van der Waals surface area contributed by atoms with Crippen LogP contribution in [-0.2, 0) is 6.42 Å². The molecule has 0 aliphatic carbocycles. The van der Waals surface area contributed by atoms with Gasteiger partial charge < -0.3 is 5.32 Å². The highest BCUT2D eigenvalue weighted by Gasteiger charge is 2.14. The highest BCUT2D eigenvalue weighted by molar-refractivity contribution is 5.62. The Kier molecular flexibility index (Phi) is 4.32. The molecule has 0 saturated heterocycles. The van der Waals surface area contributed by atoms with Crippen molar-refractivity contribution in [2.75, 3.05) is 5.32 Å². The summed E-state index contributed by atoms with van der Waals surface area (Å²) in [4.78, 5) is 9.08. The highest BCUT2D eigenvalue weighted by Crippen LogP contribution is 2.23. The molecule has 1 N–H and O–H groups in total. The minimum Gasteiger partial charge on any atom is -0.340 e. The van der Waals surface area contributed by atoms with Crippen molar-refractivity contribution in [2.45, 2.75) is 27.2 Å². The Morgan fingerprint density at radius 2 is 1.78 bits per heavy atom. The molecule has 2 aromatic heterocycles. The third-order valence-electron chi connectivity index (χ3n) is 4.58. The maximum absolute atomic E-state index is 13.4. The minimum atomic E-state index is -0.261. The Morgan fingerprint density at radius 1 is 1.00 bits per heavy atom. The lowest BCUT2D eigenvalue weighted by molar-refractivity contribution is 0.625. The molecule has 4 aromatic rings. The van der Waals surface area contributed by atoms with Gasteiger partial charge in [0.2, 0.25) is 0 Å². The Labute approximate surface area is 156 Å². The number of halogens is 1. The molecule has 0 radical (unpaired) electrons. The summed E-state index contributed by atoms with van der Waals surface area (Å²) < 4.78 is 15.2. The zero-order chi connectivity index (χ0) is 19.0. The van der Waals surface area contributed by atoms with Gasteiger partial charge in [0.15, 0.2) is 5.82 Å². The Hall–Kier alpha value is -3.28. The predicted octanol–water partition coefficient (Wildman–Crippen LogP) is 4.52. The molecule has 0 atom stereocenters. The number of benzene rings is 2. The summed E-state index contributed by atoms with van der Waals surface area (Å²) in [6.45, 7) is 6.02. The van der Waals surface area contributed by atoms with Gasteiger partial charge in [-0.2, -0.15) is 9.50 Å². The monoisotopic (exact) mass is 361 g/mol. The van der Waals surface area contributed by atoms with Crippen molar-refractivity contribution in [1.82, 2.24) is 19.6 Å². The number of nitrogens with zero attached hydrogens (tertiary/aromatic N) is 4. The van der Waals surface area contributed by atoms with Crippen LogP contribution in [0.5, 0.6) is 0 Å². The van der Waals surface area contributed by atoms with Crippen LogP contribution in [0.15, 0.2) is 48.5 Å². The lowest BCUT2D eigenvalue weighted by atomic mass is 10.1. The molecule has 0 fully saturated rings. The van der Waals surface area contributed by atoms with E-state index in [1.54, 1.807) is 10.6 Å². The largest absolute Gasteiger partial charge is 0.340 e. The third-order valence-corrected chi connectivity index (χ3v) is 4.58. The molecule has 0 saturated carbocycles. The van der Waals surface area contributed by atoms with E-state index in [9.17, 15) is 4.39 Å². The molecule has 2 aromatic carbocycles. The Balaban J connectivity index is 1.74. The Bertz CT molecular complexity index is 1120.